The smallest absolute Gasteiger partial charge is 0.149 e. The van der Waals surface area contributed by atoms with E-state index in [0.717, 1.165) is 34.1 Å². The second-order valence-electron chi connectivity index (χ2n) is 5.06. The van der Waals surface area contributed by atoms with Crippen molar-refractivity contribution in [2.75, 3.05) is 0 Å². The van der Waals surface area contributed by atoms with Gasteiger partial charge in [0, 0.05) is 22.9 Å². The van der Waals surface area contributed by atoms with Crippen LogP contribution in [0.5, 0.6) is 5.75 Å². The lowest BCUT2D eigenvalue weighted by molar-refractivity contribution is 0.185. The Morgan fingerprint density at radius 3 is 2.68 bits per heavy atom. The third-order valence-electron chi connectivity index (χ3n) is 3.60. The molecule has 1 aliphatic rings. The fourth-order valence-electron chi connectivity index (χ4n) is 2.62. The van der Waals surface area contributed by atoms with Crippen molar-refractivity contribution in [3.63, 3.8) is 0 Å². The molecule has 100 valence electrons. The van der Waals surface area contributed by atoms with Crippen LogP contribution in [0.2, 0.25) is 0 Å². The minimum atomic E-state index is 0.332. The molecule has 0 aromatic carbocycles. The zero-order chi connectivity index (χ0) is 13.1. The molecule has 2 heterocycles. The minimum Gasteiger partial charge on any atom is -0.488 e. The molecular weight excluding hydrogens is 304 g/mol. The summed E-state index contributed by atoms with van der Waals surface area (Å²) < 4.78 is 7.11. The SMILES string of the molecule is Brc1cnc2c(OC3CCCCCC3)ccnc2c1. The molecular formula is C15H17BrN2O. The number of rotatable bonds is 2. The number of hydrogen-bond donors (Lipinski definition) is 0. The highest BCUT2D eigenvalue weighted by molar-refractivity contribution is 9.10. The van der Waals surface area contributed by atoms with Crippen LogP contribution in [-0.2, 0) is 0 Å². The van der Waals surface area contributed by atoms with Gasteiger partial charge in [0.2, 0.25) is 0 Å². The fourth-order valence-corrected chi connectivity index (χ4v) is 2.93. The van der Waals surface area contributed by atoms with Gasteiger partial charge in [0.25, 0.3) is 0 Å². The molecule has 1 saturated carbocycles. The highest BCUT2D eigenvalue weighted by Crippen LogP contribution is 2.28. The third-order valence-corrected chi connectivity index (χ3v) is 4.04. The molecule has 1 aliphatic carbocycles. The maximum absolute atomic E-state index is 6.17. The van der Waals surface area contributed by atoms with Gasteiger partial charge in [-0.15, -0.1) is 0 Å². The summed E-state index contributed by atoms with van der Waals surface area (Å²) >= 11 is 3.42. The van der Waals surface area contributed by atoms with Crippen LogP contribution in [0.1, 0.15) is 38.5 Å². The molecule has 0 spiro atoms. The van der Waals surface area contributed by atoms with Crippen LogP contribution < -0.4 is 4.74 Å². The van der Waals surface area contributed by atoms with Crippen molar-refractivity contribution in [2.45, 2.75) is 44.6 Å². The highest BCUT2D eigenvalue weighted by Gasteiger charge is 2.15. The van der Waals surface area contributed by atoms with Gasteiger partial charge in [0.05, 0.1) is 11.6 Å². The van der Waals surface area contributed by atoms with Crippen LogP contribution in [0.25, 0.3) is 11.0 Å². The van der Waals surface area contributed by atoms with E-state index < -0.39 is 0 Å². The number of pyridine rings is 2. The average molecular weight is 321 g/mol. The Labute approximate surface area is 121 Å². The van der Waals surface area contributed by atoms with Crippen LogP contribution in [-0.4, -0.2) is 16.1 Å². The Morgan fingerprint density at radius 2 is 1.89 bits per heavy atom. The summed E-state index contributed by atoms with van der Waals surface area (Å²) in [5.74, 6) is 0.865. The predicted octanol–water partition coefficient (Wildman–Crippen LogP) is 4.49. The second-order valence-corrected chi connectivity index (χ2v) is 5.98. The first-order chi connectivity index (χ1) is 9.33. The van der Waals surface area contributed by atoms with Crippen molar-refractivity contribution >= 4 is 27.0 Å². The van der Waals surface area contributed by atoms with Gasteiger partial charge in [-0.05, 0) is 47.7 Å². The number of ether oxygens (including phenoxy) is 1. The molecule has 19 heavy (non-hydrogen) atoms. The van der Waals surface area contributed by atoms with E-state index in [9.17, 15) is 0 Å². The monoisotopic (exact) mass is 320 g/mol. The second kappa shape index (κ2) is 5.87. The van der Waals surface area contributed by atoms with Gasteiger partial charge < -0.3 is 4.74 Å². The lowest BCUT2D eigenvalue weighted by Gasteiger charge is -2.17. The normalized spacial score (nSPS) is 17.3. The lowest BCUT2D eigenvalue weighted by Crippen LogP contribution is -2.15. The number of hydrogen-bond acceptors (Lipinski definition) is 3. The summed E-state index contributed by atoms with van der Waals surface area (Å²) in [7, 11) is 0. The predicted molar refractivity (Wildman–Crippen MR) is 79.4 cm³/mol. The lowest BCUT2D eigenvalue weighted by atomic mass is 10.1. The van der Waals surface area contributed by atoms with Gasteiger partial charge in [-0.3, -0.25) is 4.98 Å². The van der Waals surface area contributed by atoms with E-state index in [1.807, 2.05) is 12.1 Å². The van der Waals surface area contributed by atoms with Crippen molar-refractivity contribution < 1.29 is 4.74 Å². The third kappa shape index (κ3) is 3.06. The summed E-state index contributed by atoms with van der Waals surface area (Å²) in [6.45, 7) is 0. The number of nitrogens with zero attached hydrogens (tertiary/aromatic N) is 2. The quantitative estimate of drug-likeness (QED) is 0.764. The Bertz CT molecular complexity index is 565. The molecule has 0 saturated heterocycles. The molecule has 2 aromatic heterocycles. The van der Waals surface area contributed by atoms with E-state index in [1.165, 1.54) is 25.7 Å². The summed E-state index contributed by atoms with van der Waals surface area (Å²) in [6.07, 6.45) is 11.4. The van der Waals surface area contributed by atoms with E-state index in [-0.39, 0.29) is 0 Å². The van der Waals surface area contributed by atoms with Crippen molar-refractivity contribution in [3.8, 4) is 5.75 Å². The van der Waals surface area contributed by atoms with Crippen molar-refractivity contribution in [1.29, 1.82) is 0 Å². The molecule has 0 aliphatic heterocycles. The van der Waals surface area contributed by atoms with E-state index in [0.29, 0.717) is 6.10 Å². The fraction of sp³-hybridized carbons (Fsp3) is 0.467. The maximum Gasteiger partial charge on any atom is 0.149 e. The summed E-state index contributed by atoms with van der Waals surface area (Å²) in [4.78, 5) is 8.78. The molecule has 0 radical (unpaired) electrons. The summed E-state index contributed by atoms with van der Waals surface area (Å²) in [6, 6.07) is 3.90. The standard InChI is InChI=1S/C15H17BrN2O/c16-11-9-13-15(18-10-11)14(7-8-17-13)19-12-5-3-1-2-4-6-12/h7-10,12H,1-6H2. The van der Waals surface area contributed by atoms with Gasteiger partial charge in [0.1, 0.15) is 11.3 Å². The summed E-state index contributed by atoms with van der Waals surface area (Å²) in [5, 5.41) is 0. The number of aromatic nitrogens is 2. The van der Waals surface area contributed by atoms with Gasteiger partial charge >= 0.3 is 0 Å². The van der Waals surface area contributed by atoms with E-state index in [2.05, 4.69) is 25.9 Å². The van der Waals surface area contributed by atoms with Gasteiger partial charge in [-0.1, -0.05) is 12.8 Å². The van der Waals surface area contributed by atoms with Crippen LogP contribution in [0, 0.1) is 0 Å². The first-order valence-corrected chi connectivity index (χ1v) is 7.69. The highest BCUT2D eigenvalue weighted by atomic mass is 79.9. The van der Waals surface area contributed by atoms with Crippen molar-refractivity contribution in [2.24, 2.45) is 0 Å². The maximum atomic E-state index is 6.17. The van der Waals surface area contributed by atoms with Crippen LogP contribution in [0.4, 0.5) is 0 Å². The van der Waals surface area contributed by atoms with Crippen LogP contribution >= 0.6 is 15.9 Å². The molecule has 3 rings (SSSR count). The molecule has 3 nitrogen and oxygen atoms in total. The Kier molecular flexibility index (Phi) is 3.97. The Balaban J connectivity index is 1.87. The average Bonchev–Trinajstić information content (AvgIpc) is 2.67. The Hall–Kier alpha value is -1.16. The molecule has 4 heteroatoms. The molecule has 1 fully saturated rings. The Morgan fingerprint density at radius 1 is 1.11 bits per heavy atom. The largest absolute Gasteiger partial charge is 0.488 e. The molecule has 2 aromatic rings. The van der Waals surface area contributed by atoms with Gasteiger partial charge in [-0.2, -0.15) is 0 Å². The van der Waals surface area contributed by atoms with Gasteiger partial charge in [-0.25, -0.2) is 4.98 Å². The first-order valence-electron chi connectivity index (χ1n) is 6.90. The molecule has 0 bridgehead atoms. The zero-order valence-corrected chi connectivity index (χ0v) is 12.4. The molecule has 0 atom stereocenters. The topological polar surface area (TPSA) is 35.0 Å². The first kappa shape index (κ1) is 12.9. The van der Waals surface area contributed by atoms with Gasteiger partial charge in [0.15, 0.2) is 0 Å². The molecule has 0 unspecified atom stereocenters. The van der Waals surface area contributed by atoms with E-state index in [1.54, 1.807) is 12.4 Å². The molecule has 0 amide bonds. The minimum absolute atomic E-state index is 0.332. The van der Waals surface area contributed by atoms with E-state index in [4.69, 9.17) is 4.74 Å². The van der Waals surface area contributed by atoms with Crippen LogP contribution in [0.3, 0.4) is 0 Å². The summed E-state index contributed by atoms with van der Waals surface area (Å²) in [5.41, 5.74) is 1.73. The zero-order valence-electron chi connectivity index (χ0n) is 10.8. The van der Waals surface area contributed by atoms with Crippen LogP contribution in [0.15, 0.2) is 29.0 Å². The van der Waals surface area contributed by atoms with Crippen molar-refractivity contribution in [1.82, 2.24) is 9.97 Å². The van der Waals surface area contributed by atoms with Crippen molar-refractivity contribution in [3.05, 3.63) is 29.0 Å². The number of fused-ring (bicyclic) bond motifs is 1. The number of halogens is 1. The molecule has 0 N–H and O–H groups in total. The van der Waals surface area contributed by atoms with E-state index >= 15 is 0 Å².